The van der Waals surface area contributed by atoms with E-state index in [1.807, 2.05) is 0 Å². The van der Waals surface area contributed by atoms with Crippen LogP contribution < -0.4 is 10.6 Å². The summed E-state index contributed by atoms with van der Waals surface area (Å²) in [5.74, 6) is -0.906. The molecule has 0 saturated heterocycles. The van der Waals surface area contributed by atoms with Crippen LogP contribution in [0.5, 0.6) is 0 Å². The summed E-state index contributed by atoms with van der Waals surface area (Å²) in [6.45, 7) is 0. The number of anilines is 2. The molecule has 2 N–H and O–H groups in total. The van der Waals surface area contributed by atoms with Crippen LogP contribution in [0, 0.1) is 10.1 Å². The largest absolute Gasteiger partial charge is 0.459 e. The van der Waals surface area contributed by atoms with Crippen LogP contribution in [-0.4, -0.2) is 16.7 Å². The third kappa shape index (κ3) is 4.31. The van der Waals surface area contributed by atoms with Crippen LogP contribution in [0.15, 0.2) is 65.3 Å². The lowest BCUT2D eigenvalue weighted by molar-refractivity contribution is -0.384. The zero-order chi connectivity index (χ0) is 19.4. The van der Waals surface area contributed by atoms with Gasteiger partial charge in [0.15, 0.2) is 5.76 Å². The Morgan fingerprint density at radius 3 is 2.30 bits per heavy atom. The molecule has 0 aliphatic heterocycles. The number of carbonyl (C=O) groups excluding carboxylic acids is 2. The first-order valence-electron chi connectivity index (χ1n) is 7.64. The summed E-state index contributed by atoms with van der Waals surface area (Å²) < 4.78 is 5.01. The zero-order valence-electron chi connectivity index (χ0n) is 13.6. The second-order valence-corrected chi connectivity index (χ2v) is 5.79. The predicted octanol–water partition coefficient (Wildman–Crippen LogP) is 4.35. The Morgan fingerprint density at radius 1 is 0.963 bits per heavy atom. The van der Waals surface area contributed by atoms with Gasteiger partial charge in [0, 0.05) is 23.5 Å². The fourth-order valence-electron chi connectivity index (χ4n) is 2.27. The monoisotopic (exact) mass is 385 g/mol. The second-order valence-electron chi connectivity index (χ2n) is 5.39. The number of benzene rings is 2. The van der Waals surface area contributed by atoms with Gasteiger partial charge in [-0.05, 0) is 36.4 Å². The Labute approximate surface area is 157 Å². The Morgan fingerprint density at radius 2 is 1.67 bits per heavy atom. The van der Waals surface area contributed by atoms with Crippen molar-refractivity contribution < 1.29 is 18.9 Å². The predicted molar refractivity (Wildman–Crippen MR) is 99.2 cm³/mol. The molecule has 2 aromatic carbocycles. The Kier molecular flexibility index (Phi) is 5.18. The van der Waals surface area contributed by atoms with Gasteiger partial charge >= 0.3 is 0 Å². The number of non-ortho nitro benzene ring substituents is 1. The zero-order valence-corrected chi connectivity index (χ0v) is 14.4. The van der Waals surface area contributed by atoms with Crippen molar-refractivity contribution in [3.05, 3.63) is 87.3 Å². The van der Waals surface area contributed by atoms with Gasteiger partial charge in [0.2, 0.25) is 0 Å². The number of furan rings is 1. The van der Waals surface area contributed by atoms with E-state index in [0.29, 0.717) is 11.4 Å². The van der Waals surface area contributed by atoms with E-state index in [1.54, 1.807) is 24.3 Å². The summed E-state index contributed by atoms with van der Waals surface area (Å²) in [6, 6.07) is 13.1. The summed E-state index contributed by atoms with van der Waals surface area (Å²) >= 11 is 5.97. The van der Waals surface area contributed by atoms with Crippen molar-refractivity contribution in [1.29, 1.82) is 0 Å². The minimum absolute atomic E-state index is 0.0316. The van der Waals surface area contributed by atoms with Crippen molar-refractivity contribution in [2.24, 2.45) is 0 Å². The standard InChI is InChI=1S/C18H12ClN3O5/c19-15-7-6-13(22(25)26)10-14(15)17(23)20-11-3-1-4-12(9-11)21-18(24)16-5-2-8-27-16/h1-10H,(H,20,23)(H,21,24). The van der Waals surface area contributed by atoms with Crippen LogP contribution in [0.3, 0.4) is 0 Å². The highest BCUT2D eigenvalue weighted by Gasteiger charge is 2.16. The van der Waals surface area contributed by atoms with Gasteiger partial charge in [0.1, 0.15) is 0 Å². The summed E-state index contributed by atoms with van der Waals surface area (Å²) in [4.78, 5) is 34.7. The number of halogens is 1. The summed E-state index contributed by atoms with van der Waals surface area (Å²) in [5, 5.41) is 16.2. The number of carbonyl (C=O) groups is 2. The maximum absolute atomic E-state index is 12.4. The molecule has 0 radical (unpaired) electrons. The molecule has 0 fully saturated rings. The highest BCUT2D eigenvalue weighted by Crippen LogP contribution is 2.24. The number of nitrogens with one attached hydrogen (secondary N) is 2. The van der Waals surface area contributed by atoms with Crippen molar-refractivity contribution in [2.45, 2.75) is 0 Å². The van der Waals surface area contributed by atoms with E-state index >= 15 is 0 Å². The summed E-state index contributed by atoms with van der Waals surface area (Å²) in [5.41, 5.74) is 0.527. The quantitative estimate of drug-likeness (QED) is 0.500. The lowest BCUT2D eigenvalue weighted by Gasteiger charge is -2.09. The van der Waals surface area contributed by atoms with Gasteiger partial charge in [-0.1, -0.05) is 17.7 Å². The fourth-order valence-corrected chi connectivity index (χ4v) is 2.48. The average Bonchev–Trinajstić information content (AvgIpc) is 3.17. The molecule has 0 spiro atoms. The van der Waals surface area contributed by atoms with Crippen molar-refractivity contribution in [3.63, 3.8) is 0 Å². The third-order valence-electron chi connectivity index (χ3n) is 3.53. The minimum atomic E-state index is -0.613. The molecule has 136 valence electrons. The van der Waals surface area contributed by atoms with E-state index in [1.165, 1.54) is 30.5 Å². The first kappa shape index (κ1) is 18.2. The van der Waals surface area contributed by atoms with E-state index < -0.39 is 16.7 Å². The SMILES string of the molecule is O=C(Nc1cccc(NC(=O)c2cc([N+](=O)[O-])ccc2Cl)c1)c1ccco1. The Balaban J connectivity index is 1.76. The van der Waals surface area contributed by atoms with Crippen LogP contribution in [0.4, 0.5) is 17.1 Å². The maximum atomic E-state index is 12.4. The highest BCUT2D eigenvalue weighted by molar-refractivity contribution is 6.34. The molecular weight excluding hydrogens is 374 g/mol. The van der Waals surface area contributed by atoms with E-state index in [2.05, 4.69) is 10.6 Å². The number of hydrogen-bond acceptors (Lipinski definition) is 5. The van der Waals surface area contributed by atoms with Crippen LogP contribution in [-0.2, 0) is 0 Å². The molecule has 8 nitrogen and oxygen atoms in total. The molecule has 0 bridgehead atoms. The normalized spacial score (nSPS) is 10.3. The van der Waals surface area contributed by atoms with E-state index in [4.69, 9.17) is 16.0 Å². The molecule has 3 aromatic rings. The van der Waals surface area contributed by atoms with Crippen LogP contribution >= 0.6 is 11.6 Å². The molecule has 1 aromatic heterocycles. The van der Waals surface area contributed by atoms with E-state index in [9.17, 15) is 19.7 Å². The maximum Gasteiger partial charge on any atom is 0.291 e. The number of nitro groups is 1. The van der Waals surface area contributed by atoms with Gasteiger partial charge in [-0.15, -0.1) is 0 Å². The fraction of sp³-hybridized carbons (Fsp3) is 0. The van der Waals surface area contributed by atoms with Gasteiger partial charge in [-0.3, -0.25) is 19.7 Å². The molecule has 0 aliphatic rings. The number of nitro benzene ring substituents is 1. The molecular formula is C18H12ClN3O5. The number of nitrogens with zero attached hydrogens (tertiary/aromatic N) is 1. The van der Waals surface area contributed by atoms with Crippen molar-refractivity contribution in [2.75, 3.05) is 10.6 Å². The van der Waals surface area contributed by atoms with Crippen LogP contribution in [0.1, 0.15) is 20.9 Å². The van der Waals surface area contributed by atoms with Gasteiger partial charge in [-0.25, -0.2) is 0 Å². The van der Waals surface area contributed by atoms with Crippen molar-refractivity contribution in [1.82, 2.24) is 0 Å². The van der Waals surface area contributed by atoms with Crippen LogP contribution in [0.2, 0.25) is 5.02 Å². The van der Waals surface area contributed by atoms with Gasteiger partial charge in [0.05, 0.1) is 21.8 Å². The Bertz CT molecular complexity index is 1020. The molecule has 3 rings (SSSR count). The lowest BCUT2D eigenvalue weighted by atomic mass is 10.1. The molecule has 2 amide bonds. The number of hydrogen-bond donors (Lipinski definition) is 2. The molecule has 0 atom stereocenters. The topological polar surface area (TPSA) is 114 Å². The molecule has 27 heavy (non-hydrogen) atoms. The molecule has 9 heteroatoms. The number of amides is 2. The second kappa shape index (κ2) is 7.71. The lowest BCUT2D eigenvalue weighted by Crippen LogP contribution is -2.14. The van der Waals surface area contributed by atoms with Crippen LogP contribution in [0.25, 0.3) is 0 Å². The number of rotatable bonds is 5. The van der Waals surface area contributed by atoms with Gasteiger partial charge < -0.3 is 15.1 Å². The van der Waals surface area contributed by atoms with Gasteiger partial charge in [-0.2, -0.15) is 0 Å². The van der Waals surface area contributed by atoms with Crippen molar-refractivity contribution in [3.8, 4) is 0 Å². The van der Waals surface area contributed by atoms with Crippen molar-refractivity contribution >= 4 is 40.5 Å². The minimum Gasteiger partial charge on any atom is -0.459 e. The Hall–Kier alpha value is -3.65. The average molecular weight is 386 g/mol. The molecule has 0 unspecified atom stereocenters. The highest BCUT2D eigenvalue weighted by atomic mass is 35.5. The molecule has 1 heterocycles. The summed E-state index contributed by atoms with van der Waals surface area (Å²) in [6.07, 6.45) is 1.38. The summed E-state index contributed by atoms with van der Waals surface area (Å²) in [7, 11) is 0. The first-order valence-corrected chi connectivity index (χ1v) is 8.02. The first-order chi connectivity index (χ1) is 12.9. The van der Waals surface area contributed by atoms with E-state index in [-0.39, 0.29) is 22.0 Å². The molecule has 0 aliphatic carbocycles. The van der Waals surface area contributed by atoms with Gasteiger partial charge in [0.25, 0.3) is 17.5 Å². The van der Waals surface area contributed by atoms with E-state index in [0.717, 1.165) is 6.07 Å². The third-order valence-corrected chi connectivity index (χ3v) is 3.86. The molecule has 0 saturated carbocycles. The smallest absolute Gasteiger partial charge is 0.291 e.